The zero-order valence-electron chi connectivity index (χ0n) is 15.6. The Morgan fingerprint density at radius 3 is 2.62 bits per heavy atom. The molecule has 0 bridgehead atoms. The number of aryl methyl sites for hydroxylation is 1. The minimum atomic E-state index is -3.73. The maximum absolute atomic E-state index is 14.0. The summed E-state index contributed by atoms with van der Waals surface area (Å²) < 4.78 is 47.8. The fraction of sp³-hybridized carbons (Fsp3) is 0.190. The Kier molecular flexibility index (Phi) is 5.03. The van der Waals surface area contributed by atoms with Gasteiger partial charge in [0, 0.05) is 4.88 Å². The Bertz CT molecular complexity index is 1230. The molecule has 8 heteroatoms. The van der Waals surface area contributed by atoms with Crippen LogP contribution in [0.25, 0.3) is 11.1 Å². The van der Waals surface area contributed by atoms with Gasteiger partial charge in [-0.3, -0.25) is 4.31 Å². The second-order valence-electron chi connectivity index (χ2n) is 6.49. The third-order valence-electron chi connectivity index (χ3n) is 4.73. The maximum Gasteiger partial charge on any atom is 0.274 e. The molecule has 1 aliphatic rings. The number of nitriles is 1. The van der Waals surface area contributed by atoms with E-state index in [2.05, 4.69) is 0 Å². The van der Waals surface area contributed by atoms with E-state index in [1.807, 2.05) is 13.0 Å². The largest absolute Gasteiger partial charge is 0.489 e. The van der Waals surface area contributed by atoms with E-state index in [0.717, 1.165) is 11.3 Å². The minimum Gasteiger partial charge on any atom is -0.489 e. The number of hydrogen-bond donors (Lipinski definition) is 0. The summed E-state index contributed by atoms with van der Waals surface area (Å²) in [6.45, 7) is 2.43. The van der Waals surface area contributed by atoms with Gasteiger partial charge in [-0.15, -0.1) is 11.3 Å². The van der Waals surface area contributed by atoms with Crippen LogP contribution in [-0.4, -0.2) is 21.6 Å². The maximum atomic E-state index is 14.0. The summed E-state index contributed by atoms with van der Waals surface area (Å²) in [7, 11) is -3.73. The Hall–Kier alpha value is -2.89. The first-order valence-corrected chi connectivity index (χ1v) is 11.3. The number of anilines is 1. The molecule has 0 amide bonds. The van der Waals surface area contributed by atoms with Crippen molar-refractivity contribution in [2.75, 3.05) is 17.5 Å². The van der Waals surface area contributed by atoms with Crippen molar-refractivity contribution >= 4 is 27.0 Å². The number of ether oxygens (including phenoxy) is 1. The van der Waals surface area contributed by atoms with Gasteiger partial charge >= 0.3 is 0 Å². The molecular formula is C21H17FN2O3S2. The van der Waals surface area contributed by atoms with Gasteiger partial charge in [-0.2, -0.15) is 5.26 Å². The van der Waals surface area contributed by atoms with Gasteiger partial charge in [0.15, 0.2) is 0 Å². The summed E-state index contributed by atoms with van der Waals surface area (Å²) in [4.78, 5) is 0.999. The Balaban J connectivity index is 1.78. The van der Waals surface area contributed by atoms with Crippen molar-refractivity contribution in [3.8, 4) is 22.9 Å². The normalized spacial score (nSPS) is 13.5. The predicted octanol–water partition coefficient (Wildman–Crippen LogP) is 4.58. The van der Waals surface area contributed by atoms with Gasteiger partial charge in [0.1, 0.15) is 28.5 Å². The van der Waals surface area contributed by atoms with Gasteiger partial charge in [0.25, 0.3) is 10.0 Å². The molecule has 3 aromatic rings. The molecule has 0 saturated carbocycles. The first-order valence-electron chi connectivity index (χ1n) is 9.02. The van der Waals surface area contributed by atoms with Crippen LogP contribution in [0.3, 0.4) is 0 Å². The molecule has 0 fully saturated rings. The lowest BCUT2D eigenvalue weighted by molar-refractivity contribution is 0.316. The van der Waals surface area contributed by atoms with Crippen LogP contribution in [0, 0.1) is 17.1 Å². The standard InChI is InChI=1S/C21H17FN2O3S2/c1-2-17-6-8-21(28-17)29(25,26)24-9-10-27-20-7-5-15(12-19(20)24)14-3-4-16(13-23)18(22)11-14/h3-8,11-12H,2,9-10H2,1H3. The quantitative estimate of drug-likeness (QED) is 0.610. The van der Waals surface area contributed by atoms with Crippen molar-refractivity contribution in [3.63, 3.8) is 0 Å². The number of fused-ring (bicyclic) bond motifs is 1. The predicted molar refractivity (Wildman–Crippen MR) is 110 cm³/mol. The highest BCUT2D eigenvalue weighted by molar-refractivity contribution is 7.94. The van der Waals surface area contributed by atoms with Crippen molar-refractivity contribution in [1.82, 2.24) is 0 Å². The molecule has 0 unspecified atom stereocenters. The van der Waals surface area contributed by atoms with Gasteiger partial charge in [0.2, 0.25) is 0 Å². The van der Waals surface area contributed by atoms with Crippen molar-refractivity contribution in [1.29, 1.82) is 5.26 Å². The van der Waals surface area contributed by atoms with Crippen molar-refractivity contribution < 1.29 is 17.5 Å². The van der Waals surface area contributed by atoms with E-state index in [-0.39, 0.29) is 22.9 Å². The second-order valence-corrected chi connectivity index (χ2v) is 9.75. The van der Waals surface area contributed by atoms with Crippen LogP contribution in [0.5, 0.6) is 5.75 Å². The van der Waals surface area contributed by atoms with Crippen molar-refractivity contribution in [2.24, 2.45) is 0 Å². The van der Waals surface area contributed by atoms with Gasteiger partial charge < -0.3 is 4.74 Å². The molecule has 4 rings (SSSR count). The van der Waals surface area contributed by atoms with Gasteiger partial charge in [0.05, 0.1) is 17.8 Å². The van der Waals surface area contributed by atoms with Gasteiger partial charge in [-0.05, 0) is 53.9 Å². The van der Waals surface area contributed by atoms with E-state index in [1.165, 1.54) is 27.8 Å². The van der Waals surface area contributed by atoms with E-state index in [4.69, 9.17) is 10.00 Å². The van der Waals surface area contributed by atoms with Crippen LogP contribution < -0.4 is 9.04 Å². The topological polar surface area (TPSA) is 70.4 Å². The Morgan fingerprint density at radius 1 is 1.17 bits per heavy atom. The summed E-state index contributed by atoms with van der Waals surface area (Å²) in [5, 5.41) is 8.91. The summed E-state index contributed by atoms with van der Waals surface area (Å²) >= 11 is 1.26. The molecule has 2 heterocycles. The van der Waals surface area contributed by atoms with Gasteiger partial charge in [-0.25, -0.2) is 12.8 Å². The molecule has 0 radical (unpaired) electrons. The fourth-order valence-corrected chi connectivity index (χ4v) is 6.06. The minimum absolute atomic E-state index is 0.0383. The summed E-state index contributed by atoms with van der Waals surface area (Å²) in [5.74, 6) is -0.154. The van der Waals surface area contributed by atoms with Crippen LogP contribution in [0.1, 0.15) is 17.4 Å². The van der Waals surface area contributed by atoms with Crippen LogP contribution in [-0.2, 0) is 16.4 Å². The van der Waals surface area contributed by atoms with Crippen LogP contribution in [0.15, 0.2) is 52.7 Å². The molecular weight excluding hydrogens is 411 g/mol. The van der Waals surface area contributed by atoms with E-state index >= 15 is 0 Å². The number of thiophene rings is 1. The van der Waals surface area contributed by atoms with Crippen LogP contribution in [0.2, 0.25) is 0 Å². The smallest absolute Gasteiger partial charge is 0.274 e. The molecule has 0 aliphatic carbocycles. The summed E-state index contributed by atoms with van der Waals surface area (Å²) in [5.41, 5.74) is 1.57. The van der Waals surface area contributed by atoms with Crippen molar-refractivity contribution in [3.05, 3.63) is 64.8 Å². The number of halogens is 1. The molecule has 5 nitrogen and oxygen atoms in total. The number of benzene rings is 2. The highest BCUT2D eigenvalue weighted by atomic mass is 32.2. The number of nitrogens with zero attached hydrogens (tertiary/aromatic N) is 2. The van der Waals surface area contributed by atoms with Crippen LogP contribution >= 0.6 is 11.3 Å². The second kappa shape index (κ2) is 7.50. The van der Waals surface area contributed by atoms with Gasteiger partial charge in [-0.1, -0.05) is 19.1 Å². The van der Waals surface area contributed by atoms with E-state index in [0.29, 0.717) is 22.6 Å². The molecule has 0 N–H and O–H groups in total. The lowest BCUT2D eigenvalue weighted by atomic mass is 10.0. The van der Waals surface area contributed by atoms with E-state index < -0.39 is 15.8 Å². The van der Waals surface area contributed by atoms with Crippen LogP contribution in [0.4, 0.5) is 10.1 Å². The fourth-order valence-electron chi connectivity index (χ4n) is 3.20. The highest BCUT2D eigenvalue weighted by Crippen LogP contribution is 2.39. The highest BCUT2D eigenvalue weighted by Gasteiger charge is 2.31. The number of hydrogen-bond acceptors (Lipinski definition) is 5. The molecule has 1 aromatic heterocycles. The molecule has 148 valence electrons. The Morgan fingerprint density at radius 2 is 1.93 bits per heavy atom. The molecule has 1 aliphatic heterocycles. The average molecular weight is 429 g/mol. The lowest BCUT2D eigenvalue weighted by Gasteiger charge is -2.30. The third-order valence-corrected chi connectivity index (χ3v) is 8.24. The molecule has 29 heavy (non-hydrogen) atoms. The zero-order chi connectivity index (χ0) is 20.6. The molecule has 0 spiro atoms. The first-order chi connectivity index (χ1) is 13.9. The van der Waals surface area contributed by atoms with E-state index in [9.17, 15) is 12.8 Å². The SMILES string of the molecule is CCc1ccc(S(=O)(=O)N2CCOc3ccc(-c4ccc(C#N)c(F)c4)cc32)s1. The average Bonchev–Trinajstić information content (AvgIpc) is 3.23. The molecule has 0 saturated heterocycles. The molecule has 2 aromatic carbocycles. The summed E-state index contributed by atoms with van der Waals surface area (Å²) in [6.07, 6.45) is 0.772. The number of sulfonamides is 1. The first kappa shape index (κ1) is 19.4. The van der Waals surface area contributed by atoms with E-state index in [1.54, 1.807) is 36.4 Å². The number of rotatable bonds is 4. The molecule has 0 atom stereocenters. The monoisotopic (exact) mass is 428 g/mol. The Labute approximate surface area is 172 Å². The third kappa shape index (κ3) is 3.48. The summed E-state index contributed by atoms with van der Waals surface area (Å²) in [6, 6.07) is 14.7. The lowest BCUT2D eigenvalue weighted by Crippen LogP contribution is -2.37. The van der Waals surface area contributed by atoms with Crippen molar-refractivity contribution in [2.45, 2.75) is 17.6 Å². The zero-order valence-corrected chi connectivity index (χ0v) is 17.2.